The third-order valence-electron chi connectivity index (χ3n) is 8.37. The number of aryl methyl sites for hydroxylation is 2. The van der Waals surface area contributed by atoms with Gasteiger partial charge in [0.2, 0.25) is 11.0 Å². The van der Waals surface area contributed by atoms with Gasteiger partial charge in [-0.15, -0.1) is 5.06 Å². The van der Waals surface area contributed by atoms with E-state index in [-0.39, 0.29) is 42.6 Å². The summed E-state index contributed by atoms with van der Waals surface area (Å²) < 4.78 is 67.9. The molecule has 0 spiro atoms. The molecule has 0 bridgehead atoms. The molecular weight excluding hydrogens is 755 g/mol. The van der Waals surface area contributed by atoms with Crippen LogP contribution in [0.25, 0.3) is 21.8 Å². The molecule has 0 atom stereocenters. The summed E-state index contributed by atoms with van der Waals surface area (Å²) >= 11 is 0.839. The Morgan fingerprint density at radius 3 is 2.06 bits per heavy atom. The number of benzene rings is 3. The van der Waals surface area contributed by atoms with Crippen LogP contribution in [0.2, 0.25) is 0 Å². The lowest BCUT2D eigenvalue weighted by molar-refractivity contribution is -0.777. The van der Waals surface area contributed by atoms with E-state index in [1.165, 1.54) is 24.3 Å². The van der Waals surface area contributed by atoms with Gasteiger partial charge in [0.05, 0.1) is 27.0 Å². The highest BCUT2D eigenvalue weighted by Gasteiger charge is 2.35. The zero-order valence-corrected chi connectivity index (χ0v) is 30.6. The number of imide groups is 1. The zero-order valence-electron chi connectivity index (χ0n) is 28.1. The number of hydrogen-bond donors (Lipinski definition) is 1. The summed E-state index contributed by atoms with van der Waals surface area (Å²) in [4.78, 5) is 54.8. The summed E-state index contributed by atoms with van der Waals surface area (Å²) in [5.41, 5.74) is 1.94. The largest absolute Gasteiger partial charge is 0.691 e. The van der Waals surface area contributed by atoms with Crippen molar-refractivity contribution < 1.29 is 64.6 Å². The molecule has 2 heterocycles. The molecule has 0 unspecified atom stereocenters. The van der Waals surface area contributed by atoms with Crippen molar-refractivity contribution in [3.8, 4) is 0 Å². The Hall–Kier alpha value is -4.50. The van der Waals surface area contributed by atoms with Crippen molar-refractivity contribution in [2.24, 2.45) is 0 Å². The van der Waals surface area contributed by atoms with Crippen molar-refractivity contribution in [1.82, 2.24) is 9.37 Å². The van der Waals surface area contributed by atoms with E-state index in [0.717, 1.165) is 12.0 Å². The summed E-state index contributed by atoms with van der Waals surface area (Å²) in [7, 11) is -9.09. The first-order valence-electron chi connectivity index (χ1n) is 16.4. The van der Waals surface area contributed by atoms with Crippen LogP contribution in [0, 0.1) is 0 Å². The third kappa shape index (κ3) is 9.74. The first-order chi connectivity index (χ1) is 25.3. The Balaban J connectivity index is 1.43. The third-order valence-corrected chi connectivity index (χ3v) is 11.6. The number of para-hydroxylation sites is 2. The van der Waals surface area contributed by atoms with Crippen molar-refractivity contribution >= 4 is 77.7 Å². The van der Waals surface area contributed by atoms with Gasteiger partial charge in [-0.25, -0.2) is 17.5 Å². The number of carbonyl (C=O) groups is 4. The number of hydroxylamine groups is 2. The minimum Gasteiger partial charge on any atom is -0.691 e. The monoisotopic (exact) mass is 789 g/mol. The molecule has 3 aromatic carbocycles. The Morgan fingerprint density at radius 2 is 1.47 bits per heavy atom. The van der Waals surface area contributed by atoms with Crippen LogP contribution in [0.3, 0.4) is 0 Å². The van der Waals surface area contributed by atoms with Gasteiger partial charge >= 0.3 is 5.97 Å². The van der Waals surface area contributed by atoms with Crippen LogP contribution >= 0.6 is 12.0 Å². The molecule has 0 aliphatic carbocycles. The van der Waals surface area contributed by atoms with Crippen molar-refractivity contribution in [3.63, 3.8) is 0 Å². The Kier molecular flexibility index (Phi) is 13.1. The van der Waals surface area contributed by atoms with Gasteiger partial charge < -0.3 is 10.1 Å². The van der Waals surface area contributed by atoms with E-state index in [1.54, 1.807) is 48.5 Å². The average molecular weight is 790 g/mol. The number of amides is 3. The van der Waals surface area contributed by atoms with Crippen LogP contribution in [-0.4, -0.2) is 72.5 Å². The van der Waals surface area contributed by atoms with Crippen molar-refractivity contribution in [3.05, 3.63) is 83.9 Å². The quantitative estimate of drug-likeness (QED) is 0.0224. The summed E-state index contributed by atoms with van der Waals surface area (Å²) in [6.07, 6.45) is 0.559. The molecule has 16 nitrogen and oxygen atoms in total. The highest BCUT2D eigenvalue weighted by atomic mass is 32.2. The van der Waals surface area contributed by atoms with E-state index in [4.69, 9.17) is 4.84 Å². The van der Waals surface area contributed by atoms with E-state index < -0.39 is 56.1 Å². The Morgan fingerprint density at radius 1 is 0.868 bits per heavy atom. The fourth-order valence-electron chi connectivity index (χ4n) is 5.97. The molecular formula is C34H35N3O13S3. The van der Waals surface area contributed by atoms with Gasteiger partial charge in [-0.1, -0.05) is 36.4 Å². The minimum atomic E-state index is -4.61. The number of fused-ring (bicyclic) bond motifs is 2. The molecule has 19 heteroatoms. The van der Waals surface area contributed by atoms with E-state index >= 15 is 0 Å². The molecule has 1 aliphatic rings. The molecule has 282 valence electrons. The predicted molar refractivity (Wildman–Crippen MR) is 187 cm³/mol. The number of nitrogens with zero attached hydrogens (tertiary/aromatic N) is 3. The van der Waals surface area contributed by atoms with Crippen molar-refractivity contribution in [2.75, 3.05) is 18.1 Å². The van der Waals surface area contributed by atoms with Gasteiger partial charge in [0.15, 0.2) is 6.54 Å². The van der Waals surface area contributed by atoms with Crippen LogP contribution in [0.1, 0.15) is 54.4 Å². The fraction of sp³-hybridized carbons (Fsp3) is 0.324. The van der Waals surface area contributed by atoms with Crippen LogP contribution in [0.4, 0.5) is 0 Å². The van der Waals surface area contributed by atoms with Gasteiger partial charge in [0.25, 0.3) is 37.9 Å². The smallest absolute Gasteiger partial charge is 0.333 e. The molecule has 53 heavy (non-hydrogen) atoms. The number of hydrogen-bond acceptors (Lipinski definition) is 13. The highest BCUT2D eigenvalue weighted by molar-refractivity contribution is 7.94. The number of rotatable bonds is 18. The fourth-order valence-corrected chi connectivity index (χ4v) is 8.23. The molecule has 1 fully saturated rings. The summed E-state index contributed by atoms with van der Waals surface area (Å²) in [6.45, 7) is -0.129. The maximum atomic E-state index is 14.6. The first-order valence-corrected chi connectivity index (χ1v) is 20.4. The standard InChI is InChI=1S/C34H35N3O13S3/c38-30-18-19-31(39)37(30)48-32(40)13-5-8-24-14-16-25(17-15-24)53(46,47)36(21-7-23-52(43,44)45)34(41)33-26-9-1-3-11-28(26)35(20-6-22-51-50-49-42)29-12-4-2-10-27(29)33/h1-4,9-12,14-17H,5-8,13,18-23H2,(H-,42,43,44,45). The van der Waals surface area contributed by atoms with Gasteiger partial charge in [0.1, 0.15) is 0 Å². The van der Waals surface area contributed by atoms with Gasteiger partial charge in [-0.05, 0) is 49.1 Å². The average Bonchev–Trinajstić information content (AvgIpc) is 3.44. The maximum absolute atomic E-state index is 14.6. The Bertz CT molecular complexity index is 2160. The van der Waals surface area contributed by atoms with Gasteiger partial charge in [0, 0.05) is 62.2 Å². The van der Waals surface area contributed by atoms with Gasteiger partial charge in [-0.2, -0.15) is 17.3 Å². The normalized spacial score (nSPS) is 13.6. The SMILES string of the molecule is O=C(CCCc1ccc(S(=O)(=O)N(CCCS(=O)(=O)O)C(=O)c2c3ccccc3[n+](CCCSOO[O-])c3ccccc23)cc1)ON1C(=O)CCC1=O. The van der Waals surface area contributed by atoms with Crippen molar-refractivity contribution in [1.29, 1.82) is 0 Å². The van der Waals surface area contributed by atoms with E-state index in [0.29, 0.717) is 61.9 Å². The molecule has 4 aromatic rings. The summed E-state index contributed by atoms with van der Waals surface area (Å²) in [5.74, 6) is -3.23. The second-order valence-corrected chi connectivity index (χ2v) is 16.2. The zero-order chi connectivity index (χ0) is 38.2. The van der Waals surface area contributed by atoms with E-state index in [1.807, 2.05) is 4.57 Å². The molecule has 5 rings (SSSR count). The highest BCUT2D eigenvalue weighted by Crippen LogP contribution is 2.29. The molecule has 1 saturated heterocycles. The molecule has 1 aliphatic heterocycles. The Labute approximate surface area is 309 Å². The number of aromatic nitrogens is 1. The lowest BCUT2D eigenvalue weighted by Crippen LogP contribution is -2.40. The molecule has 1 aromatic heterocycles. The minimum absolute atomic E-state index is 0.0259. The van der Waals surface area contributed by atoms with Crippen LogP contribution < -0.4 is 9.82 Å². The lowest BCUT2D eigenvalue weighted by atomic mass is 10.0. The van der Waals surface area contributed by atoms with Crippen LogP contribution in [-0.2, 0) is 61.7 Å². The van der Waals surface area contributed by atoms with Crippen LogP contribution in [0.15, 0.2) is 77.7 Å². The topological polar surface area (TPSA) is 218 Å². The van der Waals surface area contributed by atoms with E-state index in [2.05, 4.69) is 9.37 Å². The lowest BCUT2D eigenvalue weighted by Gasteiger charge is -2.24. The second-order valence-electron chi connectivity index (χ2n) is 11.9. The molecule has 0 saturated carbocycles. The number of pyridine rings is 1. The van der Waals surface area contributed by atoms with Crippen LogP contribution in [0.5, 0.6) is 0 Å². The first kappa shape index (κ1) is 39.7. The molecule has 1 N–H and O–H groups in total. The van der Waals surface area contributed by atoms with Crippen molar-refractivity contribution in [2.45, 2.75) is 56.4 Å². The maximum Gasteiger partial charge on any atom is 0.333 e. The predicted octanol–water partition coefficient (Wildman–Crippen LogP) is 2.58. The second kappa shape index (κ2) is 17.5. The number of sulfonamides is 1. The summed E-state index contributed by atoms with van der Waals surface area (Å²) in [5, 5.41) is 14.9. The molecule has 0 radical (unpaired) electrons. The summed E-state index contributed by atoms with van der Waals surface area (Å²) in [6, 6.07) is 19.5. The van der Waals surface area contributed by atoms with E-state index in [9.17, 15) is 45.8 Å². The van der Waals surface area contributed by atoms with Gasteiger partial charge in [-0.3, -0.25) is 24.0 Å². The number of carbonyl (C=O) groups excluding carboxylic acids is 4. The molecule has 3 amide bonds.